The minimum absolute atomic E-state index is 0.185. The van der Waals surface area contributed by atoms with Gasteiger partial charge in [-0.15, -0.1) is 0 Å². The van der Waals surface area contributed by atoms with Crippen LogP contribution in [0.5, 0.6) is 0 Å². The van der Waals surface area contributed by atoms with Crippen molar-refractivity contribution in [1.82, 2.24) is 5.32 Å². The Hall–Kier alpha value is -0.840. The third-order valence-electron chi connectivity index (χ3n) is 2.77. The van der Waals surface area contributed by atoms with Gasteiger partial charge in [-0.1, -0.05) is 43.8 Å². The highest BCUT2D eigenvalue weighted by atomic mass is 79.9. The van der Waals surface area contributed by atoms with Crippen LogP contribution in [0.4, 0.5) is 4.39 Å². The summed E-state index contributed by atoms with van der Waals surface area (Å²) in [6, 6.07) is 13.5. The number of rotatable bonds is 5. The molecule has 2 rings (SSSR count). The summed E-state index contributed by atoms with van der Waals surface area (Å²) in [5.41, 5.74) is 1.21. The van der Waals surface area contributed by atoms with Gasteiger partial charge in [-0.05, 0) is 45.8 Å². The van der Waals surface area contributed by atoms with Gasteiger partial charge in [-0.2, -0.15) is 0 Å². The normalized spacial score (nSPS) is 11.1. The number of hydrogen-bond acceptors (Lipinski definition) is 2. The second kappa shape index (κ2) is 7.25. The lowest BCUT2D eigenvalue weighted by atomic mass is 10.2. The van der Waals surface area contributed by atoms with Crippen LogP contribution in [0, 0.1) is 5.82 Å². The van der Waals surface area contributed by atoms with Crippen molar-refractivity contribution in [2.24, 2.45) is 0 Å². The standard InChI is InChI=1S/C16H17BrFNS/c1-11(2)19-10-12-7-8-15(13(17)9-12)20-16-6-4-3-5-14(16)18/h3-9,11,19H,10H2,1-2H3. The Morgan fingerprint density at radius 1 is 1.15 bits per heavy atom. The van der Waals surface area contributed by atoms with E-state index < -0.39 is 0 Å². The zero-order valence-corrected chi connectivity index (χ0v) is 13.9. The Bertz CT molecular complexity index is 586. The molecule has 0 bridgehead atoms. The van der Waals surface area contributed by atoms with Crippen molar-refractivity contribution >= 4 is 27.7 Å². The molecule has 0 aliphatic carbocycles. The van der Waals surface area contributed by atoms with Gasteiger partial charge in [0.25, 0.3) is 0 Å². The van der Waals surface area contributed by atoms with E-state index in [0.717, 1.165) is 15.9 Å². The predicted octanol–water partition coefficient (Wildman–Crippen LogP) is 5.24. The molecule has 2 aromatic rings. The van der Waals surface area contributed by atoms with E-state index in [1.165, 1.54) is 23.4 Å². The highest BCUT2D eigenvalue weighted by molar-refractivity contribution is 9.10. The largest absolute Gasteiger partial charge is 0.310 e. The van der Waals surface area contributed by atoms with Gasteiger partial charge in [-0.25, -0.2) is 4.39 Å². The molecule has 106 valence electrons. The van der Waals surface area contributed by atoms with Crippen LogP contribution in [0.2, 0.25) is 0 Å². The van der Waals surface area contributed by atoms with Gasteiger partial charge in [0, 0.05) is 26.9 Å². The highest BCUT2D eigenvalue weighted by Gasteiger charge is 2.07. The first-order valence-electron chi connectivity index (χ1n) is 6.50. The van der Waals surface area contributed by atoms with Gasteiger partial charge in [-0.3, -0.25) is 0 Å². The first kappa shape index (κ1) is 15.5. The Kier molecular flexibility index (Phi) is 5.64. The molecule has 1 N–H and O–H groups in total. The fourth-order valence-corrected chi connectivity index (χ4v) is 3.22. The highest BCUT2D eigenvalue weighted by Crippen LogP contribution is 2.35. The summed E-state index contributed by atoms with van der Waals surface area (Å²) in [6.07, 6.45) is 0. The molecule has 0 aromatic heterocycles. The zero-order valence-electron chi connectivity index (χ0n) is 11.5. The second-order valence-electron chi connectivity index (χ2n) is 4.83. The molecule has 0 radical (unpaired) electrons. The number of benzene rings is 2. The fraction of sp³-hybridized carbons (Fsp3) is 0.250. The molecular formula is C16H17BrFNS. The summed E-state index contributed by atoms with van der Waals surface area (Å²) in [5.74, 6) is -0.185. The molecule has 20 heavy (non-hydrogen) atoms. The predicted molar refractivity (Wildman–Crippen MR) is 86.6 cm³/mol. The number of hydrogen-bond donors (Lipinski definition) is 1. The third kappa shape index (κ3) is 4.33. The molecule has 0 saturated carbocycles. The Labute approximate surface area is 132 Å². The smallest absolute Gasteiger partial charge is 0.137 e. The fourth-order valence-electron chi connectivity index (χ4n) is 1.71. The van der Waals surface area contributed by atoms with Crippen molar-refractivity contribution in [2.45, 2.75) is 36.2 Å². The van der Waals surface area contributed by atoms with Gasteiger partial charge in [0.1, 0.15) is 5.82 Å². The lowest BCUT2D eigenvalue weighted by Gasteiger charge is -2.10. The Morgan fingerprint density at radius 2 is 1.90 bits per heavy atom. The van der Waals surface area contributed by atoms with Crippen molar-refractivity contribution in [3.63, 3.8) is 0 Å². The quantitative estimate of drug-likeness (QED) is 0.788. The van der Waals surface area contributed by atoms with E-state index in [-0.39, 0.29) is 5.82 Å². The van der Waals surface area contributed by atoms with E-state index in [0.29, 0.717) is 10.9 Å². The SMILES string of the molecule is CC(C)NCc1ccc(Sc2ccccc2F)c(Br)c1. The van der Waals surface area contributed by atoms with Crippen molar-refractivity contribution < 1.29 is 4.39 Å². The van der Waals surface area contributed by atoms with Gasteiger partial charge < -0.3 is 5.32 Å². The van der Waals surface area contributed by atoms with Crippen LogP contribution in [0.25, 0.3) is 0 Å². The topological polar surface area (TPSA) is 12.0 Å². The molecule has 0 saturated heterocycles. The van der Waals surface area contributed by atoms with Crippen molar-refractivity contribution in [3.8, 4) is 0 Å². The van der Waals surface area contributed by atoms with E-state index >= 15 is 0 Å². The van der Waals surface area contributed by atoms with Crippen molar-refractivity contribution in [3.05, 3.63) is 58.3 Å². The van der Waals surface area contributed by atoms with Gasteiger partial charge in [0.15, 0.2) is 0 Å². The lowest BCUT2D eigenvalue weighted by molar-refractivity contribution is 0.588. The average molecular weight is 354 g/mol. The molecule has 0 atom stereocenters. The number of halogens is 2. The minimum atomic E-state index is -0.185. The summed E-state index contributed by atoms with van der Waals surface area (Å²) < 4.78 is 14.6. The molecule has 0 spiro atoms. The summed E-state index contributed by atoms with van der Waals surface area (Å²) >= 11 is 5.00. The molecule has 1 nitrogen and oxygen atoms in total. The zero-order chi connectivity index (χ0) is 14.5. The van der Waals surface area contributed by atoms with Crippen molar-refractivity contribution in [1.29, 1.82) is 0 Å². The maximum Gasteiger partial charge on any atom is 0.137 e. The van der Waals surface area contributed by atoms with E-state index in [4.69, 9.17) is 0 Å². The summed E-state index contributed by atoms with van der Waals surface area (Å²) in [7, 11) is 0. The minimum Gasteiger partial charge on any atom is -0.310 e. The lowest BCUT2D eigenvalue weighted by Crippen LogP contribution is -2.21. The van der Waals surface area contributed by atoms with Crippen LogP contribution < -0.4 is 5.32 Å². The molecule has 0 fully saturated rings. The van der Waals surface area contributed by atoms with Crippen LogP contribution in [0.1, 0.15) is 19.4 Å². The molecule has 2 aromatic carbocycles. The van der Waals surface area contributed by atoms with E-state index in [9.17, 15) is 4.39 Å². The molecule has 4 heteroatoms. The molecule has 0 aliphatic rings. The van der Waals surface area contributed by atoms with Crippen LogP contribution in [-0.4, -0.2) is 6.04 Å². The average Bonchev–Trinajstić information content (AvgIpc) is 2.41. The van der Waals surface area contributed by atoms with Crippen LogP contribution >= 0.6 is 27.7 Å². The van der Waals surface area contributed by atoms with E-state index in [1.54, 1.807) is 12.1 Å². The molecule has 0 unspecified atom stereocenters. The van der Waals surface area contributed by atoms with Crippen LogP contribution in [0.15, 0.2) is 56.7 Å². The van der Waals surface area contributed by atoms with E-state index in [2.05, 4.69) is 47.2 Å². The maximum atomic E-state index is 13.6. The second-order valence-corrected chi connectivity index (χ2v) is 6.77. The Morgan fingerprint density at radius 3 is 2.55 bits per heavy atom. The molecule has 0 heterocycles. The first-order chi connectivity index (χ1) is 9.56. The van der Waals surface area contributed by atoms with E-state index in [1.807, 2.05) is 12.1 Å². The molecular weight excluding hydrogens is 337 g/mol. The van der Waals surface area contributed by atoms with Crippen molar-refractivity contribution in [2.75, 3.05) is 0 Å². The van der Waals surface area contributed by atoms with Crippen LogP contribution in [-0.2, 0) is 6.54 Å². The monoisotopic (exact) mass is 353 g/mol. The summed E-state index contributed by atoms with van der Waals surface area (Å²) in [6.45, 7) is 5.08. The van der Waals surface area contributed by atoms with Crippen LogP contribution in [0.3, 0.4) is 0 Å². The van der Waals surface area contributed by atoms with Gasteiger partial charge in [0.2, 0.25) is 0 Å². The maximum absolute atomic E-state index is 13.6. The molecule has 0 amide bonds. The summed E-state index contributed by atoms with van der Waals surface area (Å²) in [5, 5.41) is 3.38. The third-order valence-corrected chi connectivity index (χ3v) is 4.81. The molecule has 0 aliphatic heterocycles. The summed E-state index contributed by atoms with van der Waals surface area (Å²) in [4.78, 5) is 1.66. The Balaban J connectivity index is 2.12. The number of nitrogens with one attached hydrogen (secondary N) is 1. The van der Waals surface area contributed by atoms with Gasteiger partial charge in [0.05, 0.1) is 0 Å². The first-order valence-corrected chi connectivity index (χ1v) is 8.11. The van der Waals surface area contributed by atoms with Gasteiger partial charge >= 0.3 is 0 Å².